The standard InChI is InChI=1S/C19H18ClN3O2/c1-13-18(11-21-23(13)2)22-19(24)15-8-6-14(7-9-15)12-25-17-5-3-4-16(20)10-17/h3-11H,12H2,1-2H3,(H,22,24). The molecular formula is C19H18ClN3O2. The number of rotatable bonds is 5. The third-order valence-corrected chi connectivity index (χ3v) is 4.14. The highest BCUT2D eigenvalue weighted by Crippen LogP contribution is 2.19. The molecule has 0 saturated heterocycles. The van der Waals surface area contributed by atoms with Crippen LogP contribution in [-0.2, 0) is 13.7 Å². The number of ether oxygens (including phenoxy) is 1. The molecule has 0 saturated carbocycles. The van der Waals surface area contributed by atoms with Crippen molar-refractivity contribution in [2.75, 3.05) is 5.32 Å². The lowest BCUT2D eigenvalue weighted by Gasteiger charge is -2.08. The fraction of sp³-hybridized carbons (Fsp3) is 0.158. The van der Waals surface area contributed by atoms with Gasteiger partial charge < -0.3 is 10.1 Å². The summed E-state index contributed by atoms with van der Waals surface area (Å²) in [6.45, 7) is 2.31. The molecule has 2 aromatic carbocycles. The molecule has 1 aromatic heterocycles. The summed E-state index contributed by atoms with van der Waals surface area (Å²) in [5.41, 5.74) is 3.16. The second-order valence-electron chi connectivity index (χ2n) is 5.66. The molecule has 0 aliphatic rings. The van der Waals surface area contributed by atoms with Crippen LogP contribution in [0.3, 0.4) is 0 Å². The summed E-state index contributed by atoms with van der Waals surface area (Å²) in [5, 5.41) is 7.61. The summed E-state index contributed by atoms with van der Waals surface area (Å²) in [6, 6.07) is 14.5. The minimum atomic E-state index is -0.168. The van der Waals surface area contributed by atoms with Crippen LogP contribution < -0.4 is 10.1 Å². The van der Waals surface area contributed by atoms with Crippen molar-refractivity contribution < 1.29 is 9.53 Å². The Hall–Kier alpha value is -2.79. The number of carbonyl (C=O) groups excluding carboxylic acids is 1. The van der Waals surface area contributed by atoms with Crippen molar-refractivity contribution in [2.45, 2.75) is 13.5 Å². The number of hydrogen-bond donors (Lipinski definition) is 1. The van der Waals surface area contributed by atoms with E-state index in [4.69, 9.17) is 16.3 Å². The Kier molecular flexibility index (Phi) is 5.05. The molecule has 0 spiro atoms. The van der Waals surface area contributed by atoms with E-state index in [1.807, 2.05) is 38.2 Å². The Labute approximate surface area is 151 Å². The SMILES string of the molecule is Cc1c(NC(=O)c2ccc(COc3cccc(Cl)c3)cc2)cnn1C. The zero-order valence-electron chi connectivity index (χ0n) is 14.0. The van der Waals surface area contributed by atoms with Gasteiger partial charge in [0.15, 0.2) is 0 Å². The van der Waals surface area contributed by atoms with Gasteiger partial charge in [0.05, 0.1) is 17.6 Å². The topological polar surface area (TPSA) is 56.1 Å². The van der Waals surface area contributed by atoms with Crippen LogP contribution in [0.5, 0.6) is 5.75 Å². The molecule has 1 N–H and O–H groups in total. The molecular weight excluding hydrogens is 338 g/mol. The second-order valence-corrected chi connectivity index (χ2v) is 6.10. The third-order valence-electron chi connectivity index (χ3n) is 3.90. The lowest BCUT2D eigenvalue weighted by atomic mass is 10.1. The van der Waals surface area contributed by atoms with Gasteiger partial charge in [-0.2, -0.15) is 5.10 Å². The predicted molar refractivity (Wildman–Crippen MR) is 98.1 cm³/mol. The minimum Gasteiger partial charge on any atom is -0.489 e. The number of aryl methyl sites for hydroxylation is 1. The van der Waals surface area contributed by atoms with Crippen LogP contribution in [0.1, 0.15) is 21.6 Å². The van der Waals surface area contributed by atoms with Crippen LogP contribution in [-0.4, -0.2) is 15.7 Å². The maximum Gasteiger partial charge on any atom is 0.255 e. The number of halogens is 1. The van der Waals surface area contributed by atoms with Gasteiger partial charge in [-0.3, -0.25) is 9.48 Å². The Bertz CT molecular complexity index is 888. The second kappa shape index (κ2) is 7.40. The molecule has 1 heterocycles. The molecule has 5 nitrogen and oxygen atoms in total. The average molecular weight is 356 g/mol. The predicted octanol–water partition coefficient (Wildman–Crippen LogP) is 4.21. The first-order valence-corrected chi connectivity index (χ1v) is 8.18. The maximum absolute atomic E-state index is 12.3. The summed E-state index contributed by atoms with van der Waals surface area (Å²) in [7, 11) is 1.83. The fourth-order valence-corrected chi connectivity index (χ4v) is 2.47. The summed E-state index contributed by atoms with van der Waals surface area (Å²) in [5.74, 6) is 0.541. The van der Waals surface area contributed by atoms with E-state index in [1.165, 1.54) is 0 Å². The number of nitrogens with zero attached hydrogens (tertiary/aromatic N) is 2. The quantitative estimate of drug-likeness (QED) is 0.745. The number of amides is 1. The molecule has 0 unspecified atom stereocenters. The van der Waals surface area contributed by atoms with Gasteiger partial charge in [-0.15, -0.1) is 0 Å². The molecule has 0 aliphatic heterocycles. The van der Waals surface area contributed by atoms with E-state index < -0.39 is 0 Å². The van der Waals surface area contributed by atoms with Gasteiger partial charge >= 0.3 is 0 Å². The van der Waals surface area contributed by atoms with E-state index >= 15 is 0 Å². The number of anilines is 1. The number of hydrogen-bond acceptors (Lipinski definition) is 3. The van der Waals surface area contributed by atoms with Crippen LogP contribution >= 0.6 is 11.6 Å². The Balaban J connectivity index is 1.61. The normalized spacial score (nSPS) is 10.5. The van der Waals surface area contributed by atoms with E-state index in [-0.39, 0.29) is 5.91 Å². The molecule has 0 bridgehead atoms. The summed E-state index contributed by atoms with van der Waals surface area (Å²) in [4.78, 5) is 12.3. The average Bonchev–Trinajstić information content (AvgIpc) is 2.92. The number of aromatic nitrogens is 2. The van der Waals surface area contributed by atoms with Gasteiger partial charge in [-0.1, -0.05) is 29.8 Å². The summed E-state index contributed by atoms with van der Waals surface area (Å²) >= 11 is 5.93. The van der Waals surface area contributed by atoms with Gasteiger partial charge in [0, 0.05) is 17.6 Å². The Morgan fingerprint density at radius 2 is 2.00 bits per heavy atom. The lowest BCUT2D eigenvalue weighted by molar-refractivity contribution is 0.102. The molecule has 0 aliphatic carbocycles. The summed E-state index contributed by atoms with van der Waals surface area (Å²) in [6.07, 6.45) is 1.64. The molecule has 0 atom stereocenters. The van der Waals surface area contributed by atoms with Gasteiger partial charge in [-0.05, 0) is 42.8 Å². The van der Waals surface area contributed by atoms with Crippen molar-refractivity contribution in [3.63, 3.8) is 0 Å². The van der Waals surface area contributed by atoms with Crippen LogP contribution in [0.15, 0.2) is 54.7 Å². The number of carbonyl (C=O) groups is 1. The van der Waals surface area contributed by atoms with Gasteiger partial charge in [0.2, 0.25) is 0 Å². The highest BCUT2D eigenvalue weighted by molar-refractivity contribution is 6.30. The van der Waals surface area contributed by atoms with Crippen LogP contribution in [0, 0.1) is 6.92 Å². The molecule has 3 aromatic rings. The number of benzene rings is 2. The van der Waals surface area contributed by atoms with Crippen molar-refractivity contribution >= 4 is 23.2 Å². The van der Waals surface area contributed by atoms with Crippen molar-refractivity contribution in [2.24, 2.45) is 7.05 Å². The first-order valence-electron chi connectivity index (χ1n) is 7.80. The van der Waals surface area contributed by atoms with Crippen LogP contribution in [0.2, 0.25) is 5.02 Å². The highest BCUT2D eigenvalue weighted by Gasteiger charge is 2.10. The van der Waals surface area contributed by atoms with Crippen molar-refractivity contribution in [1.82, 2.24) is 9.78 Å². The smallest absolute Gasteiger partial charge is 0.255 e. The molecule has 0 radical (unpaired) electrons. The van der Waals surface area contributed by atoms with Gasteiger partial charge in [0.1, 0.15) is 12.4 Å². The van der Waals surface area contributed by atoms with Crippen LogP contribution in [0.25, 0.3) is 0 Å². The van der Waals surface area contributed by atoms with Crippen molar-refractivity contribution in [3.05, 3.63) is 76.6 Å². The van der Waals surface area contributed by atoms with Crippen LogP contribution in [0.4, 0.5) is 5.69 Å². The molecule has 6 heteroatoms. The highest BCUT2D eigenvalue weighted by atomic mass is 35.5. The molecule has 128 valence electrons. The largest absolute Gasteiger partial charge is 0.489 e. The van der Waals surface area contributed by atoms with Crippen molar-refractivity contribution in [3.8, 4) is 5.75 Å². The first kappa shape index (κ1) is 17.0. The van der Waals surface area contributed by atoms with E-state index in [2.05, 4.69) is 10.4 Å². The van der Waals surface area contributed by atoms with E-state index in [0.29, 0.717) is 28.6 Å². The Morgan fingerprint density at radius 3 is 2.64 bits per heavy atom. The number of nitrogens with one attached hydrogen (secondary N) is 1. The molecule has 1 amide bonds. The fourth-order valence-electron chi connectivity index (χ4n) is 2.29. The zero-order chi connectivity index (χ0) is 17.8. The monoisotopic (exact) mass is 355 g/mol. The summed E-state index contributed by atoms with van der Waals surface area (Å²) < 4.78 is 7.41. The van der Waals surface area contributed by atoms with E-state index in [9.17, 15) is 4.79 Å². The van der Waals surface area contributed by atoms with E-state index in [1.54, 1.807) is 35.1 Å². The molecule has 25 heavy (non-hydrogen) atoms. The first-order chi connectivity index (χ1) is 12.0. The van der Waals surface area contributed by atoms with Crippen molar-refractivity contribution in [1.29, 1.82) is 0 Å². The minimum absolute atomic E-state index is 0.168. The Morgan fingerprint density at radius 1 is 1.24 bits per heavy atom. The lowest BCUT2D eigenvalue weighted by Crippen LogP contribution is -2.12. The third kappa shape index (κ3) is 4.19. The van der Waals surface area contributed by atoms with Gasteiger partial charge in [-0.25, -0.2) is 0 Å². The van der Waals surface area contributed by atoms with E-state index in [0.717, 1.165) is 11.3 Å². The zero-order valence-corrected chi connectivity index (χ0v) is 14.7. The van der Waals surface area contributed by atoms with Gasteiger partial charge in [0.25, 0.3) is 5.91 Å². The molecule has 0 fully saturated rings. The maximum atomic E-state index is 12.3. The molecule has 3 rings (SSSR count).